The first-order valence-electron chi connectivity index (χ1n) is 0.987. The average molecular weight is 77.1 g/mol. The van der Waals surface area contributed by atoms with Crippen molar-refractivity contribution < 1.29 is 4.84 Å². The zero-order valence-corrected chi connectivity index (χ0v) is 2.90. The van der Waals surface area contributed by atoms with Crippen molar-refractivity contribution >= 4 is 12.8 Å². The third kappa shape index (κ3) is 0.342. The molecule has 1 rings (SSSR count). The van der Waals surface area contributed by atoms with Crippen molar-refractivity contribution in [2.75, 3.05) is 6.73 Å². The van der Waals surface area contributed by atoms with E-state index in [4.69, 9.17) is 0 Å². The largest absolute Gasteiger partial charge is 0.267 e. The number of thiol groups is 1. The highest BCUT2D eigenvalue weighted by Gasteiger charge is 2.10. The van der Waals surface area contributed by atoms with Crippen molar-refractivity contribution in [2.45, 2.75) is 0 Å². The Balaban J connectivity index is 2.17. The number of hydrogen-bond acceptors (Lipinski definition) is 3. The van der Waals surface area contributed by atoms with E-state index in [2.05, 4.69) is 17.7 Å². The van der Waals surface area contributed by atoms with Gasteiger partial charge in [-0.05, 0) is 0 Å². The van der Waals surface area contributed by atoms with Crippen LogP contribution in [0.3, 0.4) is 0 Å². The van der Waals surface area contributed by atoms with Crippen LogP contribution in [0, 0.1) is 0 Å². The molecule has 0 aromatic carbocycles. The van der Waals surface area contributed by atoms with E-state index in [1.807, 2.05) is 0 Å². The standard InChI is InChI=1S/CH3NOS/c4-2-1-3-2/h4H,1H2. The highest BCUT2D eigenvalue weighted by molar-refractivity contribution is 7.77. The molecule has 0 aliphatic carbocycles. The first kappa shape index (κ1) is 2.50. The molecule has 0 aromatic rings. The molecule has 1 unspecified atom stereocenters. The van der Waals surface area contributed by atoms with Crippen LogP contribution in [-0.2, 0) is 4.84 Å². The molecule has 1 heterocycles. The van der Waals surface area contributed by atoms with Gasteiger partial charge in [-0.2, -0.15) is 0 Å². The van der Waals surface area contributed by atoms with Crippen molar-refractivity contribution in [3.8, 4) is 0 Å². The molecule has 1 saturated heterocycles. The van der Waals surface area contributed by atoms with Crippen molar-refractivity contribution in [1.29, 1.82) is 0 Å². The van der Waals surface area contributed by atoms with Crippen LogP contribution in [-0.4, -0.2) is 11.2 Å². The third-order valence-corrected chi connectivity index (χ3v) is 0.476. The lowest BCUT2D eigenvalue weighted by Crippen LogP contribution is -1.59. The van der Waals surface area contributed by atoms with Crippen LogP contribution in [0.4, 0.5) is 0 Å². The van der Waals surface area contributed by atoms with E-state index in [1.54, 1.807) is 0 Å². The molecular formula is CH3NOS. The molecule has 0 bridgehead atoms. The zero-order chi connectivity index (χ0) is 2.99. The molecule has 4 heavy (non-hydrogen) atoms. The minimum absolute atomic E-state index is 0.684. The van der Waals surface area contributed by atoms with Gasteiger partial charge in [0.1, 0.15) is 0 Å². The van der Waals surface area contributed by atoms with Crippen molar-refractivity contribution in [1.82, 2.24) is 4.47 Å². The molecule has 1 atom stereocenters. The van der Waals surface area contributed by atoms with Gasteiger partial charge in [0.2, 0.25) is 0 Å². The summed E-state index contributed by atoms with van der Waals surface area (Å²) < 4.78 is 1.44. The number of hydrogen-bond donors (Lipinski definition) is 1. The van der Waals surface area contributed by atoms with E-state index >= 15 is 0 Å². The maximum atomic E-state index is 4.41. The Morgan fingerprint density at radius 1 is 2.00 bits per heavy atom. The molecule has 0 aromatic heterocycles. The van der Waals surface area contributed by atoms with Gasteiger partial charge in [-0.1, -0.05) is 12.8 Å². The lowest BCUT2D eigenvalue weighted by molar-refractivity contribution is 0.318. The smallest absolute Gasteiger partial charge is 0.156 e. The van der Waals surface area contributed by atoms with Crippen LogP contribution in [0.5, 0.6) is 0 Å². The Bertz CT molecular complexity index is 27.2. The molecule has 0 N–H and O–H groups in total. The summed E-state index contributed by atoms with van der Waals surface area (Å²) in [5, 5.41) is 0. The number of nitrogens with zero attached hydrogens (tertiary/aromatic N) is 1. The molecule has 3 heteroatoms. The van der Waals surface area contributed by atoms with E-state index in [0.717, 1.165) is 0 Å². The Morgan fingerprint density at radius 2 is 2.25 bits per heavy atom. The fourth-order valence-corrected chi connectivity index (χ4v) is 0.0775. The summed E-state index contributed by atoms with van der Waals surface area (Å²) in [5.74, 6) is 0. The summed E-state index contributed by atoms with van der Waals surface area (Å²) in [4.78, 5) is 4.41. The number of hydroxylamine groups is 1. The van der Waals surface area contributed by atoms with Crippen molar-refractivity contribution in [2.24, 2.45) is 0 Å². The lowest BCUT2D eigenvalue weighted by Gasteiger charge is -1.58. The Morgan fingerprint density at radius 3 is 2.25 bits per heavy atom. The lowest BCUT2D eigenvalue weighted by atomic mass is 11.5. The third-order valence-electron chi connectivity index (χ3n) is 0.245. The van der Waals surface area contributed by atoms with Gasteiger partial charge < -0.3 is 0 Å². The van der Waals surface area contributed by atoms with E-state index in [9.17, 15) is 0 Å². The molecular weight excluding hydrogens is 74.1 g/mol. The molecule has 0 spiro atoms. The Kier molecular flexibility index (Phi) is 0.380. The zero-order valence-electron chi connectivity index (χ0n) is 2.01. The normalized spacial score (nSPS) is 39.8. The second kappa shape index (κ2) is 0.607. The minimum atomic E-state index is 0.684. The maximum Gasteiger partial charge on any atom is 0.156 e. The molecule has 1 aliphatic heterocycles. The van der Waals surface area contributed by atoms with Gasteiger partial charge in [0.15, 0.2) is 6.73 Å². The maximum absolute atomic E-state index is 4.41. The van der Waals surface area contributed by atoms with Gasteiger partial charge in [-0.25, -0.2) is 0 Å². The van der Waals surface area contributed by atoms with E-state index < -0.39 is 0 Å². The van der Waals surface area contributed by atoms with E-state index in [0.29, 0.717) is 6.73 Å². The first-order valence-corrected chi connectivity index (χ1v) is 1.39. The second-order valence-electron chi connectivity index (χ2n) is 0.610. The number of rotatable bonds is 0. The fraction of sp³-hybridized carbons (Fsp3) is 1.00. The monoisotopic (exact) mass is 77.0 g/mol. The molecule has 0 amide bonds. The molecule has 1 aliphatic rings. The quantitative estimate of drug-likeness (QED) is 0.324. The van der Waals surface area contributed by atoms with Gasteiger partial charge in [0.05, 0.1) is 0 Å². The van der Waals surface area contributed by atoms with Crippen LogP contribution < -0.4 is 0 Å². The second-order valence-corrected chi connectivity index (χ2v) is 1.06. The summed E-state index contributed by atoms with van der Waals surface area (Å²) in [6.45, 7) is 0.684. The predicted octanol–water partition coefficient (Wildman–Crippen LogP) is 0.0359. The molecule has 1 fully saturated rings. The predicted molar refractivity (Wildman–Crippen MR) is 16.8 cm³/mol. The van der Waals surface area contributed by atoms with E-state index in [1.165, 1.54) is 4.47 Å². The van der Waals surface area contributed by atoms with Gasteiger partial charge in [-0.15, -0.1) is 4.47 Å². The summed E-state index contributed by atoms with van der Waals surface area (Å²) in [6, 6.07) is 0. The van der Waals surface area contributed by atoms with Crippen molar-refractivity contribution in [3.63, 3.8) is 0 Å². The van der Waals surface area contributed by atoms with Crippen LogP contribution in [0.1, 0.15) is 0 Å². The van der Waals surface area contributed by atoms with Gasteiger partial charge in [0.25, 0.3) is 0 Å². The molecule has 0 saturated carbocycles. The van der Waals surface area contributed by atoms with Crippen LogP contribution in [0.2, 0.25) is 0 Å². The van der Waals surface area contributed by atoms with Gasteiger partial charge in [-0.3, -0.25) is 4.84 Å². The van der Waals surface area contributed by atoms with Crippen LogP contribution >= 0.6 is 12.8 Å². The van der Waals surface area contributed by atoms with Crippen LogP contribution in [0.25, 0.3) is 0 Å². The van der Waals surface area contributed by atoms with E-state index in [-0.39, 0.29) is 0 Å². The SMILES string of the molecule is SN1CO1. The summed E-state index contributed by atoms with van der Waals surface area (Å²) in [5.41, 5.74) is 0. The highest BCUT2D eigenvalue weighted by atomic mass is 32.1. The fourth-order valence-electron chi connectivity index (χ4n) is 0.0258. The topological polar surface area (TPSA) is 15.5 Å². The Labute approximate surface area is 29.9 Å². The average Bonchev–Trinajstić information content (AvgIpc) is 1.75. The highest BCUT2D eigenvalue weighted by Crippen LogP contribution is 2.06. The Hall–Kier alpha value is 0.270. The molecule has 24 valence electrons. The van der Waals surface area contributed by atoms with Gasteiger partial charge in [0, 0.05) is 0 Å². The molecule has 0 radical (unpaired) electrons. The van der Waals surface area contributed by atoms with Gasteiger partial charge >= 0.3 is 0 Å². The van der Waals surface area contributed by atoms with Crippen molar-refractivity contribution in [3.05, 3.63) is 0 Å². The summed E-state index contributed by atoms with van der Waals surface area (Å²) in [7, 11) is 0. The minimum Gasteiger partial charge on any atom is -0.267 e. The molecule has 2 nitrogen and oxygen atoms in total. The summed E-state index contributed by atoms with van der Waals surface area (Å²) >= 11 is 3.69. The first-order chi connectivity index (χ1) is 1.89. The summed E-state index contributed by atoms with van der Waals surface area (Å²) in [6.07, 6.45) is 0. The van der Waals surface area contributed by atoms with Crippen LogP contribution in [0.15, 0.2) is 0 Å².